The van der Waals surface area contributed by atoms with Gasteiger partial charge in [0.2, 0.25) is 5.76 Å². The Labute approximate surface area is 88.5 Å². The molecule has 1 aromatic heterocycles. The summed E-state index contributed by atoms with van der Waals surface area (Å²) in [5.74, 6) is 1.88. The molecular weight excluding hydrogens is 194 g/mol. The molecule has 0 saturated carbocycles. The van der Waals surface area contributed by atoms with Crippen molar-refractivity contribution in [2.75, 3.05) is 18.0 Å². The van der Waals surface area contributed by atoms with Crippen molar-refractivity contribution in [2.24, 2.45) is 0 Å². The van der Waals surface area contributed by atoms with E-state index in [0.717, 1.165) is 13.0 Å². The van der Waals surface area contributed by atoms with Gasteiger partial charge < -0.3 is 14.4 Å². The van der Waals surface area contributed by atoms with Gasteiger partial charge in [-0.1, -0.05) is 12.8 Å². The van der Waals surface area contributed by atoms with Gasteiger partial charge in [0.1, 0.15) is 0 Å². The Bertz CT molecular complexity index is 375. The molecule has 0 bridgehead atoms. The Morgan fingerprint density at radius 3 is 2.87 bits per heavy atom. The molecule has 0 fully saturated rings. The molecule has 1 aromatic rings. The fourth-order valence-electron chi connectivity index (χ4n) is 1.26. The summed E-state index contributed by atoms with van der Waals surface area (Å²) < 4.78 is 5.14. The lowest BCUT2D eigenvalue weighted by atomic mass is 10.4. The van der Waals surface area contributed by atoms with E-state index in [4.69, 9.17) is 15.9 Å². The van der Waals surface area contributed by atoms with Gasteiger partial charge in [-0.3, -0.25) is 0 Å². The van der Waals surface area contributed by atoms with E-state index in [1.165, 1.54) is 6.07 Å². The lowest BCUT2D eigenvalue weighted by Gasteiger charge is -2.17. The molecule has 0 spiro atoms. The first kappa shape index (κ1) is 11.2. The number of hydrogen-bond acceptors (Lipinski definition) is 3. The lowest BCUT2D eigenvalue weighted by Crippen LogP contribution is -2.23. The highest BCUT2D eigenvalue weighted by molar-refractivity contribution is 5.84. The highest BCUT2D eigenvalue weighted by Gasteiger charge is 2.12. The Balaban J connectivity index is 2.82. The lowest BCUT2D eigenvalue weighted by molar-refractivity contribution is 0.0663. The van der Waals surface area contributed by atoms with E-state index < -0.39 is 5.97 Å². The van der Waals surface area contributed by atoms with Crippen LogP contribution in [0.1, 0.15) is 23.9 Å². The zero-order chi connectivity index (χ0) is 11.3. The molecule has 80 valence electrons. The highest BCUT2D eigenvalue weighted by Crippen LogP contribution is 2.18. The second kappa shape index (κ2) is 5.11. The van der Waals surface area contributed by atoms with Crippen LogP contribution in [0.2, 0.25) is 0 Å². The van der Waals surface area contributed by atoms with Crippen molar-refractivity contribution in [1.29, 1.82) is 0 Å². The first-order chi connectivity index (χ1) is 7.19. The molecule has 0 saturated heterocycles. The van der Waals surface area contributed by atoms with Gasteiger partial charge in [0, 0.05) is 12.6 Å². The number of carboxylic acid groups (broad SMARTS) is 1. The van der Waals surface area contributed by atoms with E-state index in [2.05, 4.69) is 5.92 Å². The fraction of sp³-hybridized carbons (Fsp3) is 0.364. The predicted octanol–water partition coefficient (Wildman–Crippen LogP) is 1.83. The molecule has 0 aromatic carbocycles. The third-order valence-corrected chi connectivity index (χ3v) is 1.89. The number of aromatic carboxylic acids is 1. The molecule has 0 atom stereocenters. The van der Waals surface area contributed by atoms with Crippen molar-refractivity contribution < 1.29 is 14.3 Å². The number of terminal acetylenes is 1. The molecule has 4 heteroatoms. The SMILES string of the molecule is C#CCN(CCC)c1ccc(C(=O)O)o1. The van der Waals surface area contributed by atoms with Crippen LogP contribution in [0, 0.1) is 12.3 Å². The van der Waals surface area contributed by atoms with E-state index >= 15 is 0 Å². The first-order valence-corrected chi connectivity index (χ1v) is 4.70. The van der Waals surface area contributed by atoms with Crippen molar-refractivity contribution in [3.05, 3.63) is 17.9 Å². The molecule has 1 rings (SSSR count). The minimum atomic E-state index is -1.07. The van der Waals surface area contributed by atoms with E-state index in [1.807, 2.05) is 11.8 Å². The van der Waals surface area contributed by atoms with Crippen molar-refractivity contribution in [3.8, 4) is 12.3 Å². The topological polar surface area (TPSA) is 53.7 Å². The van der Waals surface area contributed by atoms with Gasteiger partial charge in [-0.05, 0) is 12.5 Å². The number of anilines is 1. The van der Waals surface area contributed by atoms with Crippen LogP contribution < -0.4 is 4.90 Å². The summed E-state index contributed by atoms with van der Waals surface area (Å²) in [5, 5.41) is 8.69. The number of carboxylic acids is 1. The summed E-state index contributed by atoms with van der Waals surface area (Å²) in [7, 11) is 0. The normalized spacial score (nSPS) is 9.60. The molecule has 15 heavy (non-hydrogen) atoms. The van der Waals surface area contributed by atoms with Crippen LogP contribution in [0.4, 0.5) is 5.88 Å². The molecule has 4 nitrogen and oxygen atoms in total. The van der Waals surface area contributed by atoms with E-state index in [-0.39, 0.29) is 5.76 Å². The van der Waals surface area contributed by atoms with Gasteiger partial charge >= 0.3 is 5.97 Å². The summed E-state index contributed by atoms with van der Waals surface area (Å²) in [6.45, 7) is 3.18. The van der Waals surface area contributed by atoms with Gasteiger partial charge in [-0.25, -0.2) is 4.79 Å². The van der Waals surface area contributed by atoms with Crippen molar-refractivity contribution in [1.82, 2.24) is 0 Å². The number of carbonyl (C=O) groups is 1. The highest BCUT2D eigenvalue weighted by atomic mass is 16.4. The van der Waals surface area contributed by atoms with Crippen molar-refractivity contribution in [2.45, 2.75) is 13.3 Å². The molecule has 0 aliphatic rings. The Kier molecular flexibility index (Phi) is 3.81. The summed E-state index contributed by atoms with van der Waals surface area (Å²) in [4.78, 5) is 12.4. The summed E-state index contributed by atoms with van der Waals surface area (Å²) in [6, 6.07) is 3.05. The maximum Gasteiger partial charge on any atom is 0.371 e. The smallest absolute Gasteiger partial charge is 0.371 e. The summed E-state index contributed by atoms with van der Waals surface area (Å²) in [5.41, 5.74) is 0. The van der Waals surface area contributed by atoms with Crippen molar-refractivity contribution >= 4 is 11.9 Å². The number of hydrogen-bond donors (Lipinski definition) is 1. The van der Waals surface area contributed by atoms with E-state index in [0.29, 0.717) is 12.4 Å². The Morgan fingerprint density at radius 1 is 1.67 bits per heavy atom. The molecule has 1 heterocycles. The first-order valence-electron chi connectivity index (χ1n) is 4.70. The van der Waals surface area contributed by atoms with Gasteiger partial charge in [0.25, 0.3) is 0 Å². The monoisotopic (exact) mass is 207 g/mol. The number of rotatable bonds is 5. The van der Waals surface area contributed by atoms with Crippen LogP contribution in [0.5, 0.6) is 0 Å². The molecule has 1 N–H and O–H groups in total. The largest absolute Gasteiger partial charge is 0.475 e. The molecule has 0 radical (unpaired) electrons. The van der Waals surface area contributed by atoms with Crippen LogP contribution in [0.3, 0.4) is 0 Å². The zero-order valence-electron chi connectivity index (χ0n) is 8.56. The maximum absolute atomic E-state index is 10.6. The van der Waals surface area contributed by atoms with Gasteiger partial charge in [-0.15, -0.1) is 6.42 Å². The second-order valence-electron chi connectivity index (χ2n) is 3.07. The summed E-state index contributed by atoms with van der Waals surface area (Å²) >= 11 is 0. The minimum Gasteiger partial charge on any atom is -0.475 e. The Hall–Kier alpha value is -1.89. The fourth-order valence-corrected chi connectivity index (χ4v) is 1.26. The van der Waals surface area contributed by atoms with Gasteiger partial charge in [-0.2, -0.15) is 0 Å². The third kappa shape index (κ3) is 2.78. The van der Waals surface area contributed by atoms with Gasteiger partial charge in [0.05, 0.1) is 6.54 Å². The number of furan rings is 1. The third-order valence-electron chi connectivity index (χ3n) is 1.89. The van der Waals surface area contributed by atoms with Crippen LogP contribution >= 0.6 is 0 Å². The maximum atomic E-state index is 10.6. The molecule has 0 aliphatic carbocycles. The minimum absolute atomic E-state index is 0.0666. The van der Waals surface area contributed by atoms with E-state index in [1.54, 1.807) is 6.07 Å². The van der Waals surface area contributed by atoms with Crippen LogP contribution in [0.15, 0.2) is 16.5 Å². The molecular formula is C11H13NO3. The average Bonchev–Trinajstić information content (AvgIpc) is 2.66. The standard InChI is InChI=1S/C11H13NO3/c1-3-7-12(8-4-2)10-6-5-9(15-10)11(13)14/h1,5-6H,4,7-8H2,2H3,(H,13,14). The zero-order valence-corrected chi connectivity index (χ0v) is 8.56. The molecule has 0 amide bonds. The van der Waals surface area contributed by atoms with Crippen LogP contribution in [-0.2, 0) is 0 Å². The average molecular weight is 207 g/mol. The van der Waals surface area contributed by atoms with Gasteiger partial charge in [0.15, 0.2) is 5.88 Å². The van der Waals surface area contributed by atoms with Crippen LogP contribution in [-0.4, -0.2) is 24.2 Å². The predicted molar refractivity (Wildman–Crippen MR) is 57.0 cm³/mol. The molecule has 0 aliphatic heterocycles. The number of nitrogens with zero attached hydrogens (tertiary/aromatic N) is 1. The van der Waals surface area contributed by atoms with E-state index in [9.17, 15) is 4.79 Å². The Morgan fingerprint density at radius 2 is 2.40 bits per heavy atom. The molecule has 0 unspecified atom stereocenters. The second-order valence-corrected chi connectivity index (χ2v) is 3.07. The van der Waals surface area contributed by atoms with Crippen molar-refractivity contribution in [3.63, 3.8) is 0 Å². The van der Waals surface area contributed by atoms with Crippen LogP contribution in [0.25, 0.3) is 0 Å². The quantitative estimate of drug-likeness (QED) is 0.748. The summed E-state index contributed by atoms with van der Waals surface area (Å²) in [6.07, 6.45) is 6.14.